The van der Waals surface area contributed by atoms with Crippen LogP contribution >= 0.6 is 22.6 Å². The van der Waals surface area contributed by atoms with Crippen LogP contribution in [0.2, 0.25) is 0 Å². The number of aliphatic hydroxyl groups is 1. The molecule has 56 heavy (non-hydrogen) atoms. The molecule has 0 amide bonds. The van der Waals surface area contributed by atoms with Crippen molar-refractivity contribution in [1.82, 2.24) is 28.2 Å². The molecule has 6 heterocycles. The molecular formula is C40H35IN6O7S2. The second-order valence-corrected chi connectivity index (χ2v) is 17.1. The van der Waals surface area contributed by atoms with E-state index in [0.717, 1.165) is 26.0 Å². The first kappa shape index (κ1) is 40.1. The maximum absolute atomic E-state index is 13.3. The second kappa shape index (κ2) is 15.9. The molecule has 0 atom stereocenters. The van der Waals surface area contributed by atoms with E-state index in [-0.39, 0.29) is 23.8 Å². The lowest BCUT2D eigenvalue weighted by molar-refractivity contribution is 0.350. The van der Waals surface area contributed by atoms with Crippen LogP contribution in [0.1, 0.15) is 35.9 Å². The fraction of sp³-hybridized carbons (Fsp3) is 0.150. The lowest BCUT2D eigenvalue weighted by Crippen LogP contribution is -2.11. The number of benzene rings is 2. The van der Waals surface area contributed by atoms with Gasteiger partial charge >= 0.3 is 0 Å². The zero-order valence-corrected chi connectivity index (χ0v) is 33.5. The molecule has 0 saturated heterocycles. The van der Waals surface area contributed by atoms with Crippen molar-refractivity contribution < 1.29 is 31.0 Å². The minimum Gasteiger partial charge on any atom is -0.384 e. The summed E-state index contributed by atoms with van der Waals surface area (Å²) in [7, 11) is -7.59. The molecule has 13 nitrogen and oxygen atoms in total. The van der Waals surface area contributed by atoms with Crippen LogP contribution in [0, 0.1) is 43.1 Å². The third kappa shape index (κ3) is 7.25. The van der Waals surface area contributed by atoms with Gasteiger partial charge in [-0.15, -0.1) is 0 Å². The molecule has 2 aromatic carbocycles. The molecule has 0 bridgehead atoms. The highest BCUT2D eigenvalue weighted by Gasteiger charge is 2.24. The van der Waals surface area contributed by atoms with Crippen molar-refractivity contribution in [2.24, 2.45) is 0 Å². The fourth-order valence-electron chi connectivity index (χ4n) is 6.22. The molecule has 0 aliphatic heterocycles. The van der Waals surface area contributed by atoms with Crippen molar-refractivity contribution in [1.29, 1.82) is 0 Å². The van der Waals surface area contributed by atoms with E-state index >= 15 is 0 Å². The van der Waals surface area contributed by atoms with E-state index in [2.05, 4.69) is 54.7 Å². The molecule has 0 radical (unpaired) electrons. The van der Waals surface area contributed by atoms with E-state index in [1.54, 1.807) is 80.1 Å². The van der Waals surface area contributed by atoms with Gasteiger partial charge in [0.2, 0.25) is 0 Å². The van der Waals surface area contributed by atoms with Crippen LogP contribution in [0.5, 0.6) is 0 Å². The third-order valence-electron chi connectivity index (χ3n) is 8.71. The molecule has 0 saturated carbocycles. The molecule has 0 spiro atoms. The molecule has 1 N–H and O–H groups in total. The van der Waals surface area contributed by atoms with Gasteiger partial charge in [-0.3, -0.25) is 9.97 Å². The lowest BCUT2D eigenvalue weighted by atomic mass is 10.1. The van der Waals surface area contributed by atoms with E-state index in [4.69, 9.17) is 14.2 Å². The van der Waals surface area contributed by atoms with Gasteiger partial charge in [-0.2, -0.15) is 0 Å². The summed E-state index contributed by atoms with van der Waals surface area (Å²) < 4.78 is 66.4. The Hall–Kier alpha value is -5.61. The number of fused-ring (bicyclic) bond motifs is 2. The summed E-state index contributed by atoms with van der Waals surface area (Å²) in [6.07, 6.45) is 6.38. The Balaban J connectivity index is 0.000000188. The molecule has 8 aromatic rings. The van der Waals surface area contributed by atoms with Crippen molar-refractivity contribution in [3.05, 3.63) is 130 Å². The van der Waals surface area contributed by atoms with Gasteiger partial charge in [0.25, 0.3) is 20.0 Å². The number of nitrogens with zero attached hydrogens (tertiary/aromatic N) is 6. The SMILES string of the molecule is C.Cc1noc(C)c1-c1cnc2c(C#CCO)cn(S(=O)(=O)c3ccccc3)c2c1.Cc1noc(C)c1-c1cnc2c(I)cn(S(=O)(=O)c3ccccc3)c2c1. The van der Waals surface area contributed by atoms with Crippen LogP contribution in [0.25, 0.3) is 44.3 Å². The minimum absolute atomic E-state index is 0. The summed E-state index contributed by atoms with van der Waals surface area (Å²) in [5.41, 5.74) is 6.89. The van der Waals surface area contributed by atoms with Crippen LogP contribution in [-0.2, 0) is 20.0 Å². The van der Waals surface area contributed by atoms with E-state index in [1.165, 1.54) is 26.3 Å². The van der Waals surface area contributed by atoms with Crippen LogP contribution < -0.4 is 0 Å². The predicted molar refractivity (Wildman–Crippen MR) is 221 cm³/mol. The Morgan fingerprint density at radius 3 is 1.59 bits per heavy atom. The predicted octanol–water partition coefficient (Wildman–Crippen LogP) is 7.67. The summed E-state index contributed by atoms with van der Waals surface area (Å²) in [5, 5.41) is 17.0. The Labute approximate surface area is 337 Å². The first-order chi connectivity index (χ1) is 26.3. The topological polar surface area (TPSA) is 176 Å². The van der Waals surface area contributed by atoms with Crippen LogP contribution in [0.4, 0.5) is 0 Å². The smallest absolute Gasteiger partial charge is 0.268 e. The van der Waals surface area contributed by atoms with Gasteiger partial charge in [-0.25, -0.2) is 24.8 Å². The molecule has 16 heteroatoms. The molecule has 0 fully saturated rings. The number of aliphatic hydroxyl groups excluding tert-OH is 1. The van der Waals surface area contributed by atoms with Crippen LogP contribution in [0.3, 0.4) is 0 Å². The van der Waals surface area contributed by atoms with Crippen molar-refractivity contribution >= 4 is 64.7 Å². The van der Waals surface area contributed by atoms with Crippen LogP contribution in [-0.4, -0.2) is 56.8 Å². The summed E-state index contributed by atoms with van der Waals surface area (Å²) >= 11 is 2.10. The number of pyridine rings is 2. The third-order valence-corrected chi connectivity index (χ3v) is 12.9. The van der Waals surface area contributed by atoms with Crippen molar-refractivity contribution in [2.45, 2.75) is 44.9 Å². The first-order valence-corrected chi connectivity index (χ1v) is 20.5. The van der Waals surface area contributed by atoms with E-state index < -0.39 is 20.0 Å². The molecule has 6 aromatic heterocycles. The summed E-state index contributed by atoms with van der Waals surface area (Å²) in [6.45, 7) is 6.93. The van der Waals surface area contributed by atoms with E-state index in [1.807, 2.05) is 26.8 Å². The highest BCUT2D eigenvalue weighted by Crippen LogP contribution is 2.33. The highest BCUT2D eigenvalue weighted by atomic mass is 127. The molecule has 8 rings (SSSR count). The van der Waals surface area contributed by atoms with Gasteiger partial charge in [-0.1, -0.05) is 66.0 Å². The van der Waals surface area contributed by atoms with Crippen molar-refractivity contribution in [3.63, 3.8) is 0 Å². The number of halogens is 1. The fourth-order valence-corrected chi connectivity index (χ4v) is 9.84. The average Bonchev–Trinajstić information content (AvgIpc) is 3.93. The zero-order chi connectivity index (χ0) is 39.1. The van der Waals surface area contributed by atoms with Gasteiger partial charge in [-0.05, 0) is 86.7 Å². The summed E-state index contributed by atoms with van der Waals surface area (Å²) in [5.74, 6) is 6.62. The molecule has 286 valence electrons. The average molecular weight is 903 g/mol. The monoisotopic (exact) mass is 902 g/mol. The Morgan fingerprint density at radius 1 is 0.696 bits per heavy atom. The van der Waals surface area contributed by atoms with Crippen molar-refractivity contribution in [3.8, 4) is 34.1 Å². The van der Waals surface area contributed by atoms with Gasteiger partial charge in [0.1, 0.15) is 29.2 Å². The first-order valence-electron chi connectivity index (χ1n) is 16.6. The minimum atomic E-state index is -3.87. The van der Waals surface area contributed by atoms with Gasteiger partial charge < -0.3 is 14.2 Å². The number of hydrogen-bond donors (Lipinski definition) is 1. The highest BCUT2D eigenvalue weighted by molar-refractivity contribution is 14.1. The van der Waals surface area contributed by atoms with E-state index in [0.29, 0.717) is 50.4 Å². The maximum Gasteiger partial charge on any atom is 0.268 e. The summed E-state index contributed by atoms with van der Waals surface area (Å²) in [6, 6.07) is 20.1. The Bertz CT molecular complexity index is 2980. The standard InChI is InChI=1S/C21H17N3O4S.C18H14IN3O3S.CH4/c1-14-20(15(2)28-23-14)17-11-19-21(22-12-17)16(7-6-10-25)13-24(19)29(26,27)18-8-4-3-5-9-18;1-11-17(12(2)25-21-11)13-8-16-18(20-9-13)15(19)10-22(16)26(23,24)14-6-4-3-5-7-14;/h3-5,8-9,11-13,25H,10H2,1-2H3;3-10H,1-2H3;1H4. The zero-order valence-electron chi connectivity index (χ0n) is 29.7. The lowest BCUT2D eigenvalue weighted by Gasteiger charge is -2.08. The number of hydrogen-bond acceptors (Lipinski definition) is 11. The Kier molecular flexibility index (Phi) is 11.3. The quantitative estimate of drug-likeness (QED) is 0.128. The number of rotatable bonds is 6. The maximum atomic E-state index is 13.3. The van der Waals surface area contributed by atoms with Gasteiger partial charge in [0, 0.05) is 47.0 Å². The number of aromatic nitrogens is 6. The van der Waals surface area contributed by atoms with Gasteiger partial charge in [0.15, 0.2) is 0 Å². The Morgan fingerprint density at radius 2 is 1.14 bits per heavy atom. The molecule has 0 aliphatic rings. The summed E-state index contributed by atoms with van der Waals surface area (Å²) in [4.78, 5) is 9.33. The van der Waals surface area contributed by atoms with Gasteiger partial charge in [0.05, 0.1) is 41.3 Å². The molecule has 0 unspecified atom stereocenters. The van der Waals surface area contributed by atoms with E-state index in [9.17, 15) is 16.8 Å². The van der Waals surface area contributed by atoms with Crippen molar-refractivity contribution in [2.75, 3.05) is 6.61 Å². The van der Waals surface area contributed by atoms with Crippen LogP contribution in [0.15, 0.2) is 116 Å². The molecular weight excluding hydrogens is 868 g/mol. The second-order valence-electron chi connectivity index (χ2n) is 12.3. The largest absolute Gasteiger partial charge is 0.384 e. The number of aryl methyl sites for hydroxylation is 4. The molecule has 0 aliphatic carbocycles. The normalized spacial score (nSPS) is 11.5.